The number of non-ortho nitro benzene ring substituents is 1. The molecule has 1 aliphatic rings. The number of carbonyl (C=O) groups excluding carboxylic acids is 3. The maximum atomic E-state index is 14.7. The Hall–Kier alpha value is -4.83. The molecule has 9 nitrogen and oxygen atoms in total. The molecule has 2 amide bonds. The molecule has 1 saturated heterocycles. The highest BCUT2D eigenvalue weighted by atomic mass is 32.1. The number of nitrogens with zero attached hydrogens (tertiary/aromatic N) is 2. The fourth-order valence-electron chi connectivity index (χ4n) is 6.19. The van der Waals surface area contributed by atoms with Crippen LogP contribution in [-0.4, -0.2) is 40.6 Å². The zero-order valence-corrected chi connectivity index (χ0v) is 25.7. The molecule has 3 aromatic carbocycles. The summed E-state index contributed by atoms with van der Waals surface area (Å²) in [5, 5.41) is 16.7. The van der Waals surface area contributed by atoms with E-state index < -0.39 is 40.7 Å². The average Bonchev–Trinajstić information content (AvgIpc) is 3.61. The number of nitro benzene ring substituents is 1. The highest BCUT2D eigenvalue weighted by molar-refractivity contribution is 7.10. The van der Waals surface area contributed by atoms with Crippen LogP contribution in [0.25, 0.3) is 0 Å². The summed E-state index contributed by atoms with van der Waals surface area (Å²) in [5.74, 6) is -1.96. The van der Waals surface area contributed by atoms with Crippen molar-refractivity contribution in [3.63, 3.8) is 0 Å². The summed E-state index contributed by atoms with van der Waals surface area (Å²) in [4.78, 5) is 56.0. The van der Waals surface area contributed by atoms with Gasteiger partial charge in [0.1, 0.15) is 11.8 Å². The summed E-state index contributed by atoms with van der Waals surface area (Å²) in [7, 11) is 1.58. The number of methoxy groups -OCH3 is 1. The number of nitro groups is 1. The van der Waals surface area contributed by atoms with Crippen molar-refractivity contribution in [3.8, 4) is 5.75 Å². The standard InChI is InChI=1S/C34H33N3O6S/c1-20-8-5-6-11-27(20)32(39)28-29(33-21(2)16-17-44-33)31(34(40)35-19-23-12-14-26(43-4)15-13-23)36(22(3)38)30(28)24-9-7-10-25(18-24)37(41)42/h5-18,28-31H,19H2,1-4H3,(H,35,40). The van der Waals surface area contributed by atoms with Crippen molar-refractivity contribution in [2.75, 3.05) is 7.11 Å². The van der Waals surface area contributed by atoms with E-state index in [1.54, 1.807) is 43.5 Å². The fraction of sp³-hybridized carbons (Fsp3) is 0.265. The van der Waals surface area contributed by atoms with Gasteiger partial charge in [0.25, 0.3) is 5.69 Å². The van der Waals surface area contributed by atoms with Crippen molar-refractivity contribution >= 4 is 34.6 Å². The van der Waals surface area contributed by atoms with Gasteiger partial charge in [-0.3, -0.25) is 24.5 Å². The van der Waals surface area contributed by atoms with Gasteiger partial charge in [0.15, 0.2) is 5.78 Å². The van der Waals surface area contributed by atoms with E-state index in [1.807, 2.05) is 49.6 Å². The molecule has 1 fully saturated rings. The molecule has 1 aliphatic heterocycles. The van der Waals surface area contributed by atoms with E-state index in [0.717, 1.165) is 21.6 Å². The molecule has 0 radical (unpaired) electrons. The van der Waals surface area contributed by atoms with E-state index in [-0.39, 0.29) is 18.0 Å². The van der Waals surface area contributed by atoms with Gasteiger partial charge in [-0.05, 0) is 59.7 Å². The van der Waals surface area contributed by atoms with E-state index >= 15 is 0 Å². The van der Waals surface area contributed by atoms with E-state index in [0.29, 0.717) is 16.9 Å². The summed E-state index contributed by atoms with van der Waals surface area (Å²) in [6.07, 6.45) is 0. The summed E-state index contributed by atoms with van der Waals surface area (Å²) in [6.45, 7) is 5.33. The smallest absolute Gasteiger partial charge is 0.269 e. The van der Waals surface area contributed by atoms with Gasteiger partial charge >= 0.3 is 0 Å². The third kappa shape index (κ3) is 5.85. The third-order valence-electron chi connectivity index (χ3n) is 8.26. The Labute approximate surface area is 259 Å². The van der Waals surface area contributed by atoms with Crippen LogP contribution in [0.5, 0.6) is 5.75 Å². The first-order valence-electron chi connectivity index (χ1n) is 14.2. The number of rotatable bonds is 9. The molecule has 44 heavy (non-hydrogen) atoms. The van der Waals surface area contributed by atoms with E-state index in [4.69, 9.17) is 4.74 Å². The van der Waals surface area contributed by atoms with Crippen LogP contribution in [0.3, 0.4) is 0 Å². The SMILES string of the molecule is COc1ccc(CNC(=O)C2C(c3sccc3C)C(C(=O)c3ccccc3C)C(c3cccc([N+](=O)[O-])c3)N2C(C)=O)cc1. The number of benzene rings is 3. The summed E-state index contributed by atoms with van der Waals surface area (Å²) in [6, 6.07) is 20.4. The van der Waals surface area contributed by atoms with Gasteiger partial charge in [-0.2, -0.15) is 0 Å². The number of Topliss-reactive ketones (excluding diaryl/α,β-unsaturated/α-hetero) is 1. The molecule has 0 saturated carbocycles. The first-order valence-corrected chi connectivity index (χ1v) is 15.1. The van der Waals surface area contributed by atoms with Gasteiger partial charge in [0.2, 0.25) is 11.8 Å². The van der Waals surface area contributed by atoms with Crippen molar-refractivity contribution in [3.05, 3.63) is 127 Å². The minimum absolute atomic E-state index is 0.163. The van der Waals surface area contributed by atoms with Crippen LogP contribution < -0.4 is 10.1 Å². The van der Waals surface area contributed by atoms with Gasteiger partial charge < -0.3 is 15.0 Å². The van der Waals surface area contributed by atoms with Gasteiger partial charge in [-0.15, -0.1) is 11.3 Å². The predicted molar refractivity (Wildman–Crippen MR) is 168 cm³/mol. The second kappa shape index (κ2) is 12.8. The Balaban J connectivity index is 1.68. The molecule has 0 bridgehead atoms. The number of hydrogen-bond acceptors (Lipinski definition) is 7. The monoisotopic (exact) mass is 611 g/mol. The lowest BCUT2D eigenvalue weighted by Gasteiger charge is -2.30. The average molecular weight is 612 g/mol. The van der Waals surface area contributed by atoms with Crippen LogP contribution >= 0.6 is 11.3 Å². The maximum Gasteiger partial charge on any atom is 0.269 e. The molecule has 10 heteroatoms. The molecule has 1 aromatic heterocycles. The fourth-order valence-corrected chi connectivity index (χ4v) is 7.29. The van der Waals surface area contributed by atoms with Gasteiger partial charge in [-0.25, -0.2) is 0 Å². The van der Waals surface area contributed by atoms with Crippen LogP contribution in [0.4, 0.5) is 5.69 Å². The number of ether oxygens (including phenoxy) is 1. The highest BCUT2D eigenvalue weighted by Crippen LogP contribution is 2.53. The van der Waals surface area contributed by atoms with Crippen LogP contribution in [-0.2, 0) is 16.1 Å². The van der Waals surface area contributed by atoms with Crippen LogP contribution in [0.2, 0.25) is 0 Å². The Morgan fingerprint density at radius 1 is 0.977 bits per heavy atom. The maximum absolute atomic E-state index is 14.7. The molecule has 4 aromatic rings. The Morgan fingerprint density at radius 3 is 2.32 bits per heavy atom. The first kappa shape index (κ1) is 30.6. The number of thiophene rings is 1. The third-order valence-corrected chi connectivity index (χ3v) is 9.39. The second-order valence-electron chi connectivity index (χ2n) is 10.9. The van der Waals surface area contributed by atoms with Crippen molar-refractivity contribution < 1.29 is 24.0 Å². The molecule has 2 heterocycles. The number of ketones is 1. The molecular formula is C34H33N3O6S. The van der Waals surface area contributed by atoms with Gasteiger partial charge in [-0.1, -0.05) is 48.5 Å². The summed E-state index contributed by atoms with van der Waals surface area (Å²) < 4.78 is 5.23. The normalized spacial score (nSPS) is 19.4. The van der Waals surface area contributed by atoms with E-state index in [1.165, 1.54) is 35.3 Å². The molecule has 1 N–H and O–H groups in total. The van der Waals surface area contributed by atoms with Crippen LogP contribution in [0.1, 0.15) is 56.4 Å². The minimum Gasteiger partial charge on any atom is -0.497 e. The lowest BCUT2D eigenvalue weighted by molar-refractivity contribution is -0.385. The molecule has 4 unspecified atom stereocenters. The number of aryl methyl sites for hydroxylation is 2. The molecule has 4 atom stereocenters. The highest BCUT2D eigenvalue weighted by Gasteiger charge is 2.57. The van der Waals surface area contributed by atoms with Gasteiger partial charge in [0, 0.05) is 42.0 Å². The molecule has 0 spiro atoms. The second-order valence-corrected chi connectivity index (χ2v) is 11.9. The number of hydrogen-bond donors (Lipinski definition) is 1. The zero-order valence-electron chi connectivity index (χ0n) is 24.9. The van der Waals surface area contributed by atoms with E-state index in [9.17, 15) is 24.5 Å². The number of likely N-dealkylation sites (tertiary alicyclic amines) is 1. The van der Waals surface area contributed by atoms with Crippen molar-refractivity contribution in [1.82, 2.24) is 10.2 Å². The zero-order chi connectivity index (χ0) is 31.5. The van der Waals surface area contributed by atoms with Crippen molar-refractivity contribution in [2.24, 2.45) is 5.92 Å². The molecule has 0 aliphatic carbocycles. The van der Waals surface area contributed by atoms with Gasteiger partial charge in [0.05, 0.1) is 24.0 Å². The lowest BCUT2D eigenvalue weighted by atomic mass is 9.77. The summed E-state index contributed by atoms with van der Waals surface area (Å²) >= 11 is 1.43. The predicted octanol–water partition coefficient (Wildman–Crippen LogP) is 6.15. The Morgan fingerprint density at radius 2 is 1.70 bits per heavy atom. The van der Waals surface area contributed by atoms with E-state index in [2.05, 4.69) is 5.32 Å². The molecular weight excluding hydrogens is 578 g/mol. The lowest BCUT2D eigenvalue weighted by Crippen LogP contribution is -2.47. The topological polar surface area (TPSA) is 119 Å². The van der Waals surface area contributed by atoms with Crippen LogP contribution in [0, 0.1) is 29.9 Å². The number of carbonyl (C=O) groups is 3. The van der Waals surface area contributed by atoms with Crippen molar-refractivity contribution in [2.45, 2.75) is 45.3 Å². The Bertz CT molecular complexity index is 1720. The molecule has 226 valence electrons. The van der Waals surface area contributed by atoms with Crippen molar-refractivity contribution in [1.29, 1.82) is 0 Å². The quantitative estimate of drug-likeness (QED) is 0.138. The first-order chi connectivity index (χ1) is 21.1. The minimum atomic E-state index is -1.05. The molecule has 5 rings (SSSR count). The Kier molecular flexibility index (Phi) is 8.91. The number of nitrogens with one attached hydrogen (secondary N) is 1. The van der Waals surface area contributed by atoms with Crippen LogP contribution in [0.15, 0.2) is 84.2 Å². The largest absolute Gasteiger partial charge is 0.497 e. The number of amides is 2. The summed E-state index contributed by atoms with van der Waals surface area (Å²) in [5.41, 5.74) is 3.24.